The van der Waals surface area contributed by atoms with E-state index >= 15 is 0 Å². The molecule has 0 radical (unpaired) electrons. The van der Waals surface area contributed by atoms with Crippen molar-refractivity contribution < 1.29 is 30.9 Å². The van der Waals surface area contributed by atoms with Crippen molar-refractivity contribution in [2.45, 2.75) is 63.2 Å². The van der Waals surface area contributed by atoms with Gasteiger partial charge in [-0.3, -0.25) is 14.4 Å². The van der Waals surface area contributed by atoms with E-state index in [0.717, 1.165) is 12.8 Å². The van der Waals surface area contributed by atoms with Crippen LogP contribution in [0, 0.1) is 0 Å². The zero-order valence-electron chi connectivity index (χ0n) is 21.9. The largest absolute Gasteiger partial charge is 0.488 e. The van der Waals surface area contributed by atoms with Gasteiger partial charge in [0.25, 0.3) is 0 Å². The van der Waals surface area contributed by atoms with Gasteiger partial charge >= 0.3 is 10.5 Å². The highest BCUT2D eigenvalue weighted by molar-refractivity contribution is 7.81. The number of likely N-dealkylation sites (N-methyl/N-ethyl adjacent to an activating group) is 1. The maximum absolute atomic E-state index is 13.7. The van der Waals surface area contributed by atoms with E-state index in [9.17, 15) is 26.7 Å². The van der Waals surface area contributed by atoms with E-state index in [1.165, 1.54) is 40.3 Å². The monoisotopic (exact) mass is 560 g/mol. The van der Waals surface area contributed by atoms with Crippen molar-refractivity contribution in [2.24, 2.45) is 0 Å². The molecule has 3 unspecified atom stereocenters. The van der Waals surface area contributed by atoms with Gasteiger partial charge in [0, 0.05) is 19.0 Å². The van der Waals surface area contributed by atoms with E-state index in [1.807, 2.05) is 12.1 Å². The first-order valence-corrected chi connectivity index (χ1v) is 14.2. The first-order valence-electron chi connectivity index (χ1n) is 12.9. The van der Waals surface area contributed by atoms with Crippen LogP contribution in [0.2, 0.25) is 0 Å². The van der Waals surface area contributed by atoms with E-state index in [-0.39, 0.29) is 35.9 Å². The number of hydrogen-bond acceptors (Lipinski definition) is 7. The summed E-state index contributed by atoms with van der Waals surface area (Å²) >= 11 is 0. The summed E-state index contributed by atoms with van der Waals surface area (Å²) in [6.45, 7) is 2.04. The Labute approximate surface area is 227 Å². The average Bonchev–Trinajstić information content (AvgIpc) is 3.54. The fourth-order valence-corrected chi connectivity index (χ4v) is 5.46. The summed E-state index contributed by atoms with van der Waals surface area (Å²) in [5.41, 5.74) is 3.01. The van der Waals surface area contributed by atoms with Gasteiger partial charge in [-0.1, -0.05) is 40.3 Å². The molecule has 0 spiro atoms. The number of amides is 3. The fraction of sp³-hybridized carbons (Fsp3) is 0.444. The Morgan fingerprint density at radius 1 is 1.08 bits per heavy atom. The van der Waals surface area contributed by atoms with Crippen LogP contribution < -0.4 is 20.1 Å². The predicted octanol–water partition coefficient (Wildman–Crippen LogP) is 1.19. The summed E-state index contributed by atoms with van der Waals surface area (Å²) in [4.78, 5) is 41.3. The summed E-state index contributed by atoms with van der Waals surface area (Å²) in [5.74, 6) is -1.20. The zero-order valence-corrected chi connectivity index (χ0v) is 22.7. The number of nitrogens with zero attached hydrogens (tertiary/aromatic N) is 1. The molecule has 2 aromatic carbocycles. The Morgan fingerprint density at radius 3 is 2.31 bits per heavy atom. The molecule has 1 fully saturated rings. The number of halogens is 1. The van der Waals surface area contributed by atoms with Gasteiger partial charge in [-0.05, 0) is 68.5 Å². The van der Waals surface area contributed by atoms with Crippen LogP contribution >= 0.6 is 0 Å². The van der Waals surface area contributed by atoms with Crippen LogP contribution in [0.25, 0.3) is 0 Å². The third-order valence-corrected chi connectivity index (χ3v) is 7.63. The Kier molecular flexibility index (Phi) is 8.86. The second-order valence-corrected chi connectivity index (χ2v) is 10.9. The van der Waals surface area contributed by atoms with Crippen LogP contribution in [0.4, 0.5) is 3.89 Å². The van der Waals surface area contributed by atoms with Gasteiger partial charge in [-0.15, -0.1) is 0 Å². The normalized spacial score (nSPS) is 18.7. The van der Waals surface area contributed by atoms with E-state index in [4.69, 9.17) is 0 Å². The van der Waals surface area contributed by atoms with Gasteiger partial charge in [0.2, 0.25) is 17.7 Å². The number of fused-ring (bicyclic) bond motifs is 1. The number of benzene rings is 2. The molecular formula is C27H33FN4O6S. The molecule has 4 rings (SSSR count). The molecule has 3 amide bonds. The van der Waals surface area contributed by atoms with Crippen LogP contribution in [0.1, 0.15) is 36.5 Å². The Bertz CT molecular complexity index is 1290. The highest BCUT2D eigenvalue weighted by Gasteiger charge is 2.39. The van der Waals surface area contributed by atoms with Crippen molar-refractivity contribution >= 4 is 28.2 Å². The molecule has 210 valence electrons. The predicted molar refractivity (Wildman–Crippen MR) is 142 cm³/mol. The Morgan fingerprint density at radius 2 is 1.72 bits per heavy atom. The molecule has 3 N–H and O–H groups in total. The molecule has 1 aliphatic carbocycles. The fourth-order valence-electron chi connectivity index (χ4n) is 5.12. The van der Waals surface area contributed by atoms with Crippen molar-refractivity contribution in [3.8, 4) is 5.75 Å². The number of likely N-dealkylation sites (tertiary alicyclic amines) is 1. The van der Waals surface area contributed by atoms with E-state index in [1.54, 1.807) is 14.0 Å². The Hall–Kier alpha value is -3.51. The molecule has 0 saturated carbocycles. The van der Waals surface area contributed by atoms with Crippen LogP contribution in [0.3, 0.4) is 0 Å². The van der Waals surface area contributed by atoms with Gasteiger partial charge in [-0.2, -0.15) is 8.42 Å². The minimum atomic E-state index is -5.17. The van der Waals surface area contributed by atoms with Crippen LogP contribution in [0.15, 0.2) is 48.5 Å². The maximum Gasteiger partial charge on any atom is 0.488 e. The number of hydrogen-bond donors (Lipinski definition) is 3. The van der Waals surface area contributed by atoms with Crippen molar-refractivity contribution in [3.63, 3.8) is 0 Å². The summed E-state index contributed by atoms with van der Waals surface area (Å²) in [7, 11) is -3.54. The molecule has 2 aliphatic rings. The lowest BCUT2D eigenvalue weighted by Crippen LogP contribution is -2.56. The lowest BCUT2D eigenvalue weighted by atomic mass is 10.0. The molecule has 1 saturated heterocycles. The van der Waals surface area contributed by atoms with Crippen LogP contribution in [0.5, 0.6) is 5.75 Å². The minimum Gasteiger partial charge on any atom is -0.358 e. The van der Waals surface area contributed by atoms with Gasteiger partial charge in [-0.25, -0.2) is 0 Å². The van der Waals surface area contributed by atoms with Crippen molar-refractivity contribution in [1.29, 1.82) is 0 Å². The van der Waals surface area contributed by atoms with Crippen LogP contribution in [-0.4, -0.2) is 68.8 Å². The topological polar surface area (TPSA) is 134 Å². The summed E-state index contributed by atoms with van der Waals surface area (Å²) in [6, 6.07) is 11.3. The minimum absolute atomic E-state index is 0.0340. The third kappa shape index (κ3) is 7.33. The third-order valence-electron chi connectivity index (χ3n) is 7.24. The molecule has 0 aromatic heterocycles. The zero-order chi connectivity index (χ0) is 28.2. The van der Waals surface area contributed by atoms with Crippen LogP contribution in [-0.2, 0) is 44.2 Å². The van der Waals surface area contributed by atoms with Gasteiger partial charge in [0.05, 0.1) is 6.04 Å². The first kappa shape index (κ1) is 28.5. The molecule has 1 aliphatic heterocycles. The standard InChI is InChI=1S/C27H33FN4O6S/c1-17(29-2)25(33)31-23(14-18-9-11-22(12-10-18)38-39(28,36)37)27(35)32-13-5-8-24(32)26(34)30-21-15-19-6-3-4-7-20(19)16-21/h3-4,6-7,9-12,17,21,23-24,29H,5,8,13-16H2,1-2H3,(H,30,34)(H,31,33). The molecule has 12 heteroatoms. The Balaban J connectivity index is 1.46. The van der Waals surface area contributed by atoms with Crippen molar-refractivity contribution in [3.05, 3.63) is 65.2 Å². The molecular weight excluding hydrogens is 527 g/mol. The SMILES string of the molecule is CNC(C)C(=O)NC(Cc1ccc(OS(=O)(=O)F)cc1)C(=O)N1CCCC1C(=O)NC1Cc2ccccc2C1. The van der Waals surface area contributed by atoms with Crippen molar-refractivity contribution in [1.82, 2.24) is 20.9 Å². The number of carbonyl (C=O) groups is 3. The van der Waals surface area contributed by atoms with Gasteiger partial charge < -0.3 is 25.0 Å². The van der Waals surface area contributed by atoms with E-state index in [2.05, 4.69) is 32.3 Å². The smallest absolute Gasteiger partial charge is 0.358 e. The molecule has 0 bridgehead atoms. The molecule has 2 aromatic rings. The van der Waals surface area contributed by atoms with E-state index in [0.29, 0.717) is 24.9 Å². The molecule has 39 heavy (non-hydrogen) atoms. The van der Waals surface area contributed by atoms with Gasteiger partial charge in [0.15, 0.2) is 0 Å². The number of carbonyl (C=O) groups excluding carboxylic acids is 3. The molecule has 3 atom stereocenters. The quantitative estimate of drug-likeness (QED) is 0.372. The lowest BCUT2D eigenvalue weighted by Gasteiger charge is -2.30. The summed E-state index contributed by atoms with van der Waals surface area (Å²) in [5, 5.41) is 8.73. The maximum atomic E-state index is 13.7. The molecule has 10 nitrogen and oxygen atoms in total. The number of nitrogens with one attached hydrogen (secondary N) is 3. The highest BCUT2D eigenvalue weighted by atomic mass is 32.3. The first-order chi connectivity index (χ1) is 18.5. The second kappa shape index (κ2) is 12.1. The number of rotatable bonds is 10. The van der Waals surface area contributed by atoms with E-state index < -0.39 is 28.6 Å². The average molecular weight is 561 g/mol. The summed E-state index contributed by atoms with van der Waals surface area (Å²) in [6.07, 6.45) is 2.74. The summed E-state index contributed by atoms with van der Waals surface area (Å²) < 4.78 is 38.5. The van der Waals surface area contributed by atoms with Gasteiger partial charge in [0.1, 0.15) is 17.8 Å². The second-order valence-electron chi connectivity index (χ2n) is 9.97. The molecule has 1 heterocycles. The highest BCUT2D eigenvalue weighted by Crippen LogP contribution is 2.24. The van der Waals surface area contributed by atoms with Crippen molar-refractivity contribution in [2.75, 3.05) is 13.6 Å². The lowest BCUT2D eigenvalue weighted by molar-refractivity contribution is -0.141.